The molecule has 0 aromatic carbocycles. The van der Waals surface area contributed by atoms with E-state index >= 15 is 0 Å². The van der Waals surface area contributed by atoms with Gasteiger partial charge in [-0.15, -0.1) is 21.5 Å². The second-order valence-electron chi connectivity index (χ2n) is 5.04. The largest absolute Gasteiger partial charge is 0.312 e. The lowest BCUT2D eigenvalue weighted by Gasteiger charge is -2.11. The Balaban J connectivity index is 1.79. The van der Waals surface area contributed by atoms with Crippen LogP contribution in [0.3, 0.4) is 0 Å². The first-order chi connectivity index (χ1) is 9.26. The SMILES string of the molecule is CNC(Cc1nnn(C)n1)c1cc2c(s1)CCCC2. The molecule has 102 valence electrons. The van der Waals surface area contributed by atoms with Gasteiger partial charge in [-0.3, -0.25) is 0 Å². The summed E-state index contributed by atoms with van der Waals surface area (Å²) < 4.78 is 0. The van der Waals surface area contributed by atoms with E-state index in [2.05, 4.69) is 26.8 Å². The normalized spacial score (nSPS) is 16.3. The minimum Gasteiger partial charge on any atom is -0.312 e. The molecule has 6 heteroatoms. The van der Waals surface area contributed by atoms with Crippen LogP contribution in [0.4, 0.5) is 0 Å². The van der Waals surface area contributed by atoms with Gasteiger partial charge in [0.15, 0.2) is 5.82 Å². The molecule has 0 saturated heterocycles. The Bertz CT molecular complexity index is 536. The number of aromatic nitrogens is 4. The molecule has 5 nitrogen and oxygen atoms in total. The van der Waals surface area contributed by atoms with Crippen molar-refractivity contribution < 1.29 is 0 Å². The van der Waals surface area contributed by atoms with Gasteiger partial charge in [-0.25, -0.2) is 0 Å². The Morgan fingerprint density at radius 3 is 2.95 bits per heavy atom. The molecule has 3 rings (SSSR count). The number of tetrazole rings is 1. The molecular weight excluding hydrogens is 258 g/mol. The van der Waals surface area contributed by atoms with Gasteiger partial charge in [0.25, 0.3) is 0 Å². The van der Waals surface area contributed by atoms with Crippen LogP contribution in [0.15, 0.2) is 6.07 Å². The van der Waals surface area contributed by atoms with Crippen molar-refractivity contribution in [1.29, 1.82) is 0 Å². The van der Waals surface area contributed by atoms with Crippen molar-refractivity contribution in [3.8, 4) is 0 Å². The van der Waals surface area contributed by atoms with Crippen molar-refractivity contribution in [2.75, 3.05) is 7.05 Å². The highest BCUT2D eigenvalue weighted by atomic mass is 32.1. The van der Waals surface area contributed by atoms with Crippen LogP contribution < -0.4 is 5.32 Å². The number of thiophene rings is 1. The highest BCUT2D eigenvalue weighted by Gasteiger charge is 2.19. The maximum Gasteiger partial charge on any atom is 0.176 e. The fourth-order valence-corrected chi connectivity index (χ4v) is 3.99. The standard InChI is InChI=1S/C13H19N5S/c1-14-10(8-13-15-17-18(2)16-13)12-7-9-5-3-4-6-11(9)19-12/h7,10,14H,3-6,8H2,1-2H3. The summed E-state index contributed by atoms with van der Waals surface area (Å²) in [5.74, 6) is 0.799. The molecular formula is C13H19N5S. The fraction of sp³-hybridized carbons (Fsp3) is 0.615. The molecule has 1 N–H and O–H groups in total. The van der Waals surface area contributed by atoms with Crippen LogP contribution >= 0.6 is 11.3 Å². The topological polar surface area (TPSA) is 55.6 Å². The van der Waals surface area contributed by atoms with Crippen LogP contribution in [0.25, 0.3) is 0 Å². The number of likely N-dealkylation sites (N-methyl/N-ethyl adjacent to an activating group) is 1. The van der Waals surface area contributed by atoms with Crippen LogP contribution in [-0.2, 0) is 26.3 Å². The van der Waals surface area contributed by atoms with Gasteiger partial charge in [0.05, 0.1) is 7.05 Å². The molecule has 1 atom stereocenters. The first-order valence-corrected chi connectivity index (χ1v) is 7.59. The Hall–Kier alpha value is -1.27. The van der Waals surface area contributed by atoms with Crippen LogP contribution in [0.1, 0.15) is 40.0 Å². The van der Waals surface area contributed by atoms with Crippen LogP contribution in [0.2, 0.25) is 0 Å². The minimum absolute atomic E-state index is 0.291. The quantitative estimate of drug-likeness (QED) is 0.923. The summed E-state index contributed by atoms with van der Waals surface area (Å²) >= 11 is 1.95. The molecule has 0 saturated carbocycles. The maximum atomic E-state index is 4.26. The zero-order valence-electron chi connectivity index (χ0n) is 11.4. The van der Waals surface area contributed by atoms with Gasteiger partial charge >= 0.3 is 0 Å². The Kier molecular flexibility index (Phi) is 3.61. The molecule has 0 amide bonds. The predicted octanol–water partition coefficient (Wildman–Crippen LogP) is 1.65. The van der Waals surface area contributed by atoms with Crippen molar-refractivity contribution >= 4 is 11.3 Å². The van der Waals surface area contributed by atoms with Crippen molar-refractivity contribution in [3.63, 3.8) is 0 Å². The maximum absolute atomic E-state index is 4.26. The van der Waals surface area contributed by atoms with Crippen molar-refractivity contribution in [2.24, 2.45) is 7.05 Å². The number of hydrogen-bond acceptors (Lipinski definition) is 5. The third-order valence-corrected chi connectivity index (χ3v) is 4.99. The predicted molar refractivity (Wildman–Crippen MR) is 75.3 cm³/mol. The second-order valence-corrected chi connectivity index (χ2v) is 6.21. The van der Waals surface area contributed by atoms with Crippen LogP contribution in [0.5, 0.6) is 0 Å². The van der Waals surface area contributed by atoms with E-state index in [1.807, 2.05) is 18.4 Å². The second kappa shape index (κ2) is 5.38. The average Bonchev–Trinajstić information content (AvgIpc) is 3.01. The van der Waals surface area contributed by atoms with E-state index < -0.39 is 0 Å². The van der Waals surface area contributed by atoms with E-state index in [0.717, 1.165) is 12.2 Å². The molecule has 1 aliphatic rings. The number of hydrogen-bond donors (Lipinski definition) is 1. The summed E-state index contributed by atoms with van der Waals surface area (Å²) in [4.78, 5) is 4.50. The fourth-order valence-electron chi connectivity index (χ4n) is 2.62. The zero-order valence-corrected chi connectivity index (χ0v) is 12.2. The molecule has 19 heavy (non-hydrogen) atoms. The molecule has 2 aromatic heterocycles. The van der Waals surface area contributed by atoms with Gasteiger partial charge in [0.1, 0.15) is 0 Å². The molecule has 2 heterocycles. The monoisotopic (exact) mass is 277 g/mol. The third-order valence-electron chi connectivity index (χ3n) is 3.64. The Labute approximate surface area is 117 Å². The first kappa shape index (κ1) is 12.7. The van der Waals surface area contributed by atoms with Gasteiger partial charge < -0.3 is 5.32 Å². The van der Waals surface area contributed by atoms with E-state index in [1.54, 1.807) is 17.5 Å². The molecule has 0 bridgehead atoms. The first-order valence-electron chi connectivity index (χ1n) is 6.78. The summed E-state index contributed by atoms with van der Waals surface area (Å²) in [7, 11) is 3.80. The van der Waals surface area contributed by atoms with E-state index in [1.165, 1.54) is 35.4 Å². The van der Waals surface area contributed by atoms with E-state index in [9.17, 15) is 0 Å². The minimum atomic E-state index is 0.291. The van der Waals surface area contributed by atoms with E-state index in [0.29, 0.717) is 6.04 Å². The Morgan fingerprint density at radius 1 is 1.42 bits per heavy atom. The van der Waals surface area contributed by atoms with E-state index in [-0.39, 0.29) is 0 Å². The lowest BCUT2D eigenvalue weighted by atomic mass is 9.98. The number of fused-ring (bicyclic) bond motifs is 1. The van der Waals surface area contributed by atoms with Gasteiger partial charge in [-0.2, -0.15) is 4.80 Å². The summed E-state index contributed by atoms with van der Waals surface area (Å²) in [5.41, 5.74) is 1.55. The molecule has 1 unspecified atom stereocenters. The number of aryl methyl sites for hydroxylation is 3. The van der Waals surface area contributed by atoms with E-state index in [4.69, 9.17) is 0 Å². The summed E-state index contributed by atoms with van der Waals surface area (Å²) in [5, 5.41) is 15.6. The van der Waals surface area contributed by atoms with Crippen molar-refractivity contribution in [1.82, 2.24) is 25.5 Å². The summed E-state index contributed by atoms with van der Waals surface area (Å²) in [6.45, 7) is 0. The molecule has 0 aliphatic heterocycles. The summed E-state index contributed by atoms with van der Waals surface area (Å²) in [6.07, 6.45) is 5.96. The van der Waals surface area contributed by atoms with Gasteiger partial charge in [0, 0.05) is 22.2 Å². The zero-order chi connectivity index (χ0) is 13.2. The van der Waals surface area contributed by atoms with Crippen molar-refractivity contribution in [2.45, 2.75) is 38.1 Å². The van der Waals surface area contributed by atoms with Crippen LogP contribution in [0, 0.1) is 0 Å². The molecule has 2 aromatic rings. The number of rotatable bonds is 4. The highest BCUT2D eigenvalue weighted by Crippen LogP contribution is 2.33. The number of nitrogens with one attached hydrogen (secondary N) is 1. The smallest absolute Gasteiger partial charge is 0.176 e. The third kappa shape index (κ3) is 2.69. The lowest BCUT2D eigenvalue weighted by molar-refractivity contribution is 0.578. The molecule has 1 aliphatic carbocycles. The number of nitrogens with zero attached hydrogens (tertiary/aromatic N) is 4. The van der Waals surface area contributed by atoms with Gasteiger partial charge in [0.2, 0.25) is 0 Å². The van der Waals surface area contributed by atoms with Crippen molar-refractivity contribution in [3.05, 3.63) is 27.2 Å². The molecule has 0 fully saturated rings. The lowest BCUT2D eigenvalue weighted by Crippen LogP contribution is -2.18. The van der Waals surface area contributed by atoms with Crippen LogP contribution in [-0.4, -0.2) is 27.3 Å². The molecule has 0 radical (unpaired) electrons. The van der Waals surface area contributed by atoms with Gasteiger partial charge in [-0.1, -0.05) is 0 Å². The van der Waals surface area contributed by atoms with Gasteiger partial charge in [-0.05, 0) is 49.6 Å². The Morgan fingerprint density at radius 2 is 2.26 bits per heavy atom. The molecule has 0 spiro atoms. The summed E-state index contributed by atoms with van der Waals surface area (Å²) in [6, 6.07) is 2.66. The highest BCUT2D eigenvalue weighted by molar-refractivity contribution is 7.12. The average molecular weight is 277 g/mol.